The summed E-state index contributed by atoms with van der Waals surface area (Å²) in [5, 5.41) is 8.39. The molecule has 4 nitrogen and oxygen atoms in total. The predicted octanol–water partition coefficient (Wildman–Crippen LogP) is 1.49. The fraction of sp³-hybridized carbons (Fsp3) is 0.667. The number of ether oxygens (including phenoxy) is 2. The van der Waals surface area contributed by atoms with Gasteiger partial charge in [-0.2, -0.15) is 0 Å². The fourth-order valence-electron chi connectivity index (χ4n) is 0.525. The van der Waals surface area contributed by atoms with Crippen LogP contribution >= 0.6 is 0 Å². The highest BCUT2D eigenvalue weighted by Crippen LogP contribution is 1.98. The highest BCUT2D eigenvalue weighted by atomic mass is 16.7. The molecule has 0 bridgehead atoms. The van der Waals surface area contributed by atoms with Gasteiger partial charge in [-0.1, -0.05) is 13.5 Å². The van der Waals surface area contributed by atoms with Gasteiger partial charge >= 0.3 is 6.16 Å². The van der Waals surface area contributed by atoms with Crippen molar-refractivity contribution in [3.05, 3.63) is 12.2 Å². The largest absolute Gasteiger partial charge is 0.508 e. The SMILES string of the molecule is C=C(CC)COC(=O)OCCCO. The van der Waals surface area contributed by atoms with Crippen LogP contribution in [-0.4, -0.2) is 31.1 Å². The number of aliphatic hydroxyl groups is 1. The lowest BCUT2D eigenvalue weighted by Gasteiger charge is -2.05. The molecule has 0 aliphatic heterocycles. The van der Waals surface area contributed by atoms with Crippen molar-refractivity contribution in [3.8, 4) is 0 Å². The Balaban J connectivity index is 3.35. The van der Waals surface area contributed by atoms with E-state index in [2.05, 4.69) is 11.3 Å². The predicted molar refractivity (Wildman–Crippen MR) is 48.4 cm³/mol. The third-order valence-corrected chi connectivity index (χ3v) is 1.42. The third-order valence-electron chi connectivity index (χ3n) is 1.42. The zero-order valence-electron chi connectivity index (χ0n) is 7.91. The van der Waals surface area contributed by atoms with E-state index in [0.717, 1.165) is 12.0 Å². The fourth-order valence-corrected chi connectivity index (χ4v) is 0.525. The molecular formula is C9H16O4. The smallest absolute Gasteiger partial charge is 0.434 e. The molecule has 0 atom stereocenters. The molecule has 0 saturated carbocycles. The van der Waals surface area contributed by atoms with Crippen molar-refractivity contribution in [2.75, 3.05) is 19.8 Å². The summed E-state index contributed by atoms with van der Waals surface area (Å²) in [6.07, 6.45) is 0.511. The molecule has 0 saturated heterocycles. The van der Waals surface area contributed by atoms with Gasteiger partial charge in [0.1, 0.15) is 6.61 Å². The molecule has 76 valence electrons. The maximum absolute atomic E-state index is 10.8. The minimum Gasteiger partial charge on any atom is -0.434 e. The highest BCUT2D eigenvalue weighted by molar-refractivity contribution is 5.60. The number of aliphatic hydroxyl groups excluding tert-OH is 1. The standard InChI is InChI=1S/C9H16O4/c1-3-8(2)7-13-9(11)12-6-4-5-10/h10H,2-7H2,1H3. The molecule has 0 aliphatic rings. The average Bonchev–Trinajstić information content (AvgIpc) is 2.14. The summed E-state index contributed by atoms with van der Waals surface area (Å²) in [5.41, 5.74) is 0.846. The molecule has 0 spiro atoms. The van der Waals surface area contributed by atoms with E-state index in [1.807, 2.05) is 6.92 Å². The Labute approximate surface area is 78.2 Å². The third kappa shape index (κ3) is 7.33. The molecular weight excluding hydrogens is 172 g/mol. The Hall–Kier alpha value is -1.03. The van der Waals surface area contributed by atoms with Gasteiger partial charge in [0, 0.05) is 13.0 Å². The van der Waals surface area contributed by atoms with Crippen LogP contribution in [0.2, 0.25) is 0 Å². The van der Waals surface area contributed by atoms with Crippen molar-refractivity contribution >= 4 is 6.16 Å². The monoisotopic (exact) mass is 188 g/mol. The van der Waals surface area contributed by atoms with E-state index in [1.165, 1.54) is 0 Å². The number of carbonyl (C=O) groups excluding carboxylic acids is 1. The molecule has 0 aromatic heterocycles. The van der Waals surface area contributed by atoms with Crippen LogP contribution in [0.4, 0.5) is 4.79 Å². The highest BCUT2D eigenvalue weighted by Gasteiger charge is 2.03. The first-order chi connectivity index (χ1) is 6.20. The second-order valence-corrected chi connectivity index (χ2v) is 2.57. The van der Waals surface area contributed by atoms with Crippen LogP contribution in [0.5, 0.6) is 0 Å². The molecule has 0 rings (SSSR count). The van der Waals surface area contributed by atoms with E-state index in [1.54, 1.807) is 0 Å². The van der Waals surface area contributed by atoms with Crippen LogP contribution < -0.4 is 0 Å². The van der Waals surface area contributed by atoms with Gasteiger partial charge in [-0.3, -0.25) is 0 Å². The Kier molecular flexibility index (Phi) is 7.01. The number of hydrogen-bond acceptors (Lipinski definition) is 4. The molecule has 0 aliphatic carbocycles. The van der Waals surface area contributed by atoms with Crippen LogP contribution in [0.25, 0.3) is 0 Å². The molecule has 0 radical (unpaired) electrons. The Morgan fingerprint density at radius 2 is 2.15 bits per heavy atom. The summed E-state index contributed by atoms with van der Waals surface area (Å²) in [7, 11) is 0. The van der Waals surface area contributed by atoms with Gasteiger partial charge in [-0.25, -0.2) is 4.79 Å². The quantitative estimate of drug-likeness (QED) is 0.390. The molecule has 4 heteroatoms. The molecule has 0 aromatic rings. The summed E-state index contributed by atoms with van der Waals surface area (Å²) in [4.78, 5) is 10.8. The molecule has 0 fully saturated rings. The van der Waals surface area contributed by atoms with Gasteiger partial charge in [0.05, 0.1) is 6.61 Å². The van der Waals surface area contributed by atoms with E-state index < -0.39 is 6.16 Å². The number of hydrogen-bond donors (Lipinski definition) is 1. The van der Waals surface area contributed by atoms with Gasteiger partial charge in [0.2, 0.25) is 0 Å². The van der Waals surface area contributed by atoms with Crippen LogP contribution in [-0.2, 0) is 9.47 Å². The van der Waals surface area contributed by atoms with Crippen LogP contribution in [0.15, 0.2) is 12.2 Å². The van der Waals surface area contributed by atoms with Crippen molar-refractivity contribution in [1.29, 1.82) is 0 Å². The lowest BCUT2D eigenvalue weighted by molar-refractivity contribution is 0.0570. The molecule has 13 heavy (non-hydrogen) atoms. The minimum absolute atomic E-state index is 0.00888. The number of rotatable bonds is 6. The first-order valence-corrected chi connectivity index (χ1v) is 4.27. The van der Waals surface area contributed by atoms with Crippen molar-refractivity contribution in [2.24, 2.45) is 0 Å². The molecule has 0 amide bonds. The Morgan fingerprint density at radius 3 is 2.69 bits per heavy atom. The zero-order valence-corrected chi connectivity index (χ0v) is 7.91. The van der Waals surface area contributed by atoms with Gasteiger partial charge in [0.15, 0.2) is 0 Å². The molecule has 1 N–H and O–H groups in total. The summed E-state index contributed by atoms with van der Waals surface area (Å²) in [5.74, 6) is 0. The van der Waals surface area contributed by atoms with Gasteiger partial charge in [-0.15, -0.1) is 0 Å². The lowest BCUT2D eigenvalue weighted by atomic mass is 10.3. The van der Waals surface area contributed by atoms with E-state index in [-0.39, 0.29) is 19.8 Å². The summed E-state index contributed by atoms with van der Waals surface area (Å²) < 4.78 is 9.31. The van der Waals surface area contributed by atoms with Crippen molar-refractivity contribution in [2.45, 2.75) is 19.8 Å². The van der Waals surface area contributed by atoms with Gasteiger partial charge in [-0.05, 0) is 12.0 Å². The average molecular weight is 188 g/mol. The van der Waals surface area contributed by atoms with Crippen molar-refractivity contribution < 1.29 is 19.4 Å². The first kappa shape index (κ1) is 12.0. The molecule has 0 aromatic carbocycles. The zero-order chi connectivity index (χ0) is 10.1. The summed E-state index contributed by atoms with van der Waals surface area (Å²) in [6, 6.07) is 0. The second kappa shape index (κ2) is 7.61. The molecule has 0 unspecified atom stereocenters. The van der Waals surface area contributed by atoms with Gasteiger partial charge in [0.25, 0.3) is 0 Å². The van der Waals surface area contributed by atoms with E-state index in [9.17, 15) is 4.79 Å². The Morgan fingerprint density at radius 1 is 1.46 bits per heavy atom. The normalized spacial score (nSPS) is 9.38. The van der Waals surface area contributed by atoms with Gasteiger partial charge < -0.3 is 14.6 Å². The maximum Gasteiger partial charge on any atom is 0.508 e. The lowest BCUT2D eigenvalue weighted by Crippen LogP contribution is -2.10. The van der Waals surface area contributed by atoms with Crippen molar-refractivity contribution in [1.82, 2.24) is 0 Å². The maximum atomic E-state index is 10.8. The molecule has 0 heterocycles. The summed E-state index contributed by atoms with van der Waals surface area (Å²) >= 11 is 0. The van der Waals surface area contributed by atoms with Crippen molar-refractivity contribution in [3.63, 3.8) is 0 Å². The van der Waals surface area contributed by atoms with Crippen LogP contribution in [0.1, 0.15) is 19.8 Å². The van der Waals surface area contributed by atoms with E-state index in [4.69, 9.17) is 9.84 Å². The van der Waals surface area contributed by atoms with Crippen LogP contribution in [0.3, 0.4) is 0 Å². The Bertz CT molecular complexity index is 165. The topological polar surface area (TPSA) is 55.8 Å². The number of carbonyl (C=O) groups is 1. The van der Waals surface area contributed by atoms with Crippen LogP contribution in [0, 0.1) is 0 Å². The second-order valence-electron chi connectivity index (χ2n) is 2.57. The van der Waals surface area contributed by atoms with E-state index in [0.29, 0.717) is 6.42 Å². The van der Waals surface area contributed by atoms with E-state index >= 15 is 0 Å². The summed E-state index contributed by atoms with van der Waals surface area (Å²) in [6.45, 7) is 6.00. The minimum atomic E-state index is -0.706. The first-order valence-electron chi connectivity index (χ1n) is 4.27.